The normalized spacial score (nSPS) is 28.5. The number of benzene rings is 1. The van der Waals surface area contributed by atoms with E-state index < -0.39 is 35.3 Å². The number of methoxy groups -OCH3 is 1. The Labute approximate surface area is 172 Å². The van der Waals surface area contributed by atoms with Gasteiger partial charge in [-0.15, -0.1) is 11.3 Å². The molecule has 0 radical (unpaired) electrons. The van der Waals surface area contributed by atoms with Gasteiger partial charge in [0.25, 0.3) is 0 Å². The van der Waals surface area contributed by atoms with E-state index in [4.69, 9.17) is 9.47 Å². The van der Waals surface area contributed by atoms with Gasteiger partial charge in [-0.1, -0.05) is 6.07 Å². The molecular formula is C21H22N2O5S. The predicted molar refractivity (Wildman–Crippen MR) is 108 cm³/mol. The quantitative estimate of drug-likeness (QED) is 0.598. The average molecular weight is 414 g/mol. The molecule has 1 aromatic carbocycles. The summed E-state index contributed by atoms with van der Waals surface area (Å²) in [5.74, 6) is -2.13. The van der Waals surface area contributed by atoms with Crippen LogP contribution in [0.15, 0.2) is 41.8 Å². The van der Waals surface area contributed by atoms with Crippen LogP contribution in [0.3, 0.4) is 0 Å². The number of nitrogens with one attached hydrogen (secondary N) is 1. The summed E-state index contributed by atoms with van der Waals surface area (Å²) < 4.78 is 10.4. The summed E-state index contributed by atoms with van der Waals surface area (Å²) in [6.45, 7) is 3.57. The molecule has 0 saturated carbocycles. The number of ether oxygens (including phenoxy) is 2. The highest BCUT2D eigenvalue weighted by molar-refractivity contribution is 7.10. The largest absolute Gasteiger partial charge is 0.497 e. The topological polar surface area (TPSA) is 84.9 Å². The van der Waals surface area contributed by atoms with Crippen LogP contribution in [0.4, 0.5) is 5.69 Å². The van der Waals surface area contributed by atoms with Crippen LogP contribution < -0.4 is 15.0 Å². The van der Waals surface area contributed by atoms with Gasteiger partial charge in [-0.05, 0) is 49.6 Å². The fourth-order valence-corrected chi connectivity index (χ4v) is 5.13. The molecule has 2 aromatic rings. The third-order valence-electron chi connectivity index (χ3n) is 5.67. The lowest BCUT2D eigenvalue weighted by atomic mass is 9.81. The maximum Gasteiger partial charge on any atom is 0.326 e. The van der Waals surface area contributed by atoms with Crippen molar-refractivity contribution in [2.75, 3.05) is 18.6 Å². The number of amides is 2. The number of hydrogen-bond donors (Lipinski definition) is 1. The first-order valence-electron chi connectivity index (χ1n) is 9.42. The number of nitrogens with zero attached hydrogens (tertiary/aromatic N) is 1. The first-order chi connectivity index (χ1) is 13.9. The Hall–Kier alpha value is -2.71. The monoisotopic (exact) mass is 414 g/mol. The van der Waals surface area contributed by atoms with Gasteiger partial charge in [0.15, 0.2) is 0 Å². The molecule has 7 nitrogen and oxygen atoms in total. The van der Waals surface area contributed by atoms with Gasteiger partial charge >= 0.3 is 5.97 Å². The van der Waals surface area contributed by atoms with Crippen LogP contribution in [-0.2, 0) is 19.1 Å². The third kappa shape index (κ3) is 2.94. The molecule has 8 heteroatoms. The molecule has 2 aliphatic rings. The van der Waals surface area contributed by atoms with Crippen molar-refractivity contribution >= 4 is 34.8 Å². The highest BCUT2D eigenvalue weighted by Gasteiger charge is 2.67. The van der Waals surface area contributed by atoms with Crippen LogP contribution in [-0.4, -0.2) is 37.0 Å². The Morgan fingerprint density at radius 1 is 1.21 bits per heavy atom. The fourth-order valence-electron chi connectivity index (χ4n) is 4.31. The van der Waals surface area contributed by atoms with Crippen molar-refractivity contribution in [1.82, 2.24) is 5.32 Å². The van der Waals surface area contributed by atoms with Gasteiger partial charge in [0.1, 0.15) is 11.3 Å². The maximum atomic E-state index is 13.4. The van der Waals surface area contributed by atoms with Crippen LogP contribution in [0.25, 0.3) is 0 Å². The Morgan fingerprint density at radius 3 is 2.52 bits per heavy atom. The third-order valence-corrected chi connectivity index (χ3v) is 6.62. The first kappa shape index (κ1) is 19.6. The molecule has 2 saturated heterocycles. The molecule has 1 aromatic heterocycles. The molecule has 2 fully saturated rings. The van der Waals surface area contributed by atoms with Crippen molar-refractivity contribution < 1.29 is 23.9 Å². The number of carbonyl (C=O) groups excluding carboxylic acids is 3. The number of carbonyl (C=O) groups is 3. The summed E-state index contributed by atoms with van der Waals surface area (Å²) in [5.41, 5.74) is -0.824. The van der Waals surface area contributed by atoms with Gasteiger partial charge in [-0.3, -0.25) is 19.7 Å². The van der Waals surface area contributed by atoms with E-state index >= 15 is 0 Å². The molecule has 2 amide bonds. The second-order valence-corrected chi connectivity index (χ2v) is 8.25. The second kappa shape index (κ2) is 7.27. The summed E-state index contributed by atoms with van der Waals surface area (Å²) in [5, 5.41) is 5.17. The van der Waals surface area contributed by atoms with E-state index in [1.807, 2.05) is 17.5 Å². The van der Waals surface area contributed by atoms with Crippen molar-refractivity contribution in [3.05, 3.63) is 46.7 Å². The van der Waals surface area contributed by atoms with Crippen LogP contribution >= 0.6 is 11.3 Å². The minimum atomic E-state index is -1.29. The second-order valence-electron chi connectivity index (χ2n) is 7.27. The number of esters is 1. The molecule has 2 aliphatic heterocycles. The summed E-state index contributed by atoms with van der Waals surface area (Å²) >= 11 is 1.49. The number of rotatable bonds is 5. The lowest BCUT2D eigenvalue weighted by Gasteiger charge is -2.29. The van der Waals surface area contributed by atoms with E-state index in [0.717, 1.165) is 4.88 Å². The van der Waals surface area contributed by atoms with E-state index in [9.17, 15) is 14.4 Å². The van der Waals surface area contributed by atoms with E-state index in [1.54, 1.807) is 45.2 Å². The van der Waals surface area contributed by atoms with Crippen LogP contribution in [0, 0.1) is 11.8 Å². The Morgan fingerprint density at radius 2 is 1.93 bits per heavy atom. The molecule has 0 aliphatic carbocycles. The average Bonchev–Trinajstić information content (AvgIpc) is 3.40. The van der Waals surface area contributed by atoms with E-state index in [-0.39, 0.29) is 12.5 Å². The van der Waals surface area contributed by atoms with Crippen molar-refractivity contribution in [2.24, 2.45) is 11.8 Å². The molecule has 0 unspecified atom stereocenters. The molecule has 29 heavy (non-hydrogen) atoms. The van der Waals surface area contributed by atoms with Gasteiger partial charge < -0.3 is 9.47 Å². The van der Waals surface area contributed by atoms with Crippen molar-refractivity contribution in [2.45, 2.75) is 25.4 Å². The zero-order valence-corrected chi connectivity index (χ0v) is 17.2. The Bertz CT molecular complexity index is 942. The van der Waals surface area contributed by atoms with Gasteiger partial charge in [0.05, 0.1) is 37.3 Å². The van der Waals surface area contributed by atoms with Crippen LogP contribution in [0.5, 0.6) is 5.75 Å². The number of hydrogen-bond acceptors (Lipinski definition) is 7. The molecule has 1 N–H and O–H groups in total. The fraction of sp³-hybridized carbons (Fsp3) is 0.381. The summed E-state index contributed by atoms with van der Waals surface area (Å²) in [4.78, 5) is 41.8. The maximum absolute atomic E-state index is 13.4. The van der Waals surface area contributed by atoms with Crippen molar-refractivity contribution in [3.63, 3.8) is 0 Å². The molecule has 0 spiro atoms. The van der Waals surface area contributed by atoms with Crippen molar-refractivity contribution in [1.29, 1.82) is 0 Å². The molecule has 0 bridgehead atoms. The van der Waals surface area contributed by atoms with Crippen LogP contribution in [0.1, 0.15) is 24.8 Å². The standard InChI is InChI=1S/C21H22N2O5S/c1-4-28-20(26)21(2)16-15(17(22-21)14-6-5-11-29-14)18(24)23(19(16)25)12-7-9-13(27-3)10-8-12/h5-11,15-17,22H,4H2,1-3H3/t15-,16+,17-,21-/m0/s1. The highest BCUT2D eigenvalue weighted by atomic mass is 32.1. The minimum Gasteiger partial charge on any atom is -0.497 e. The number of imide groups is 1. The lowest BCUT2D eigenvalue weighted by Crippen LogP contribution is -2.54. The SMILES string of the molecule is CCOC(=O)[C@@]1(C)N[C@@H](c2cccs2)[C@H]2C(=O)N(c3ccc(OC)cc3)C(=O)[C@@H]21. The molecule has 4 atom stereocenters. The van der Waals surface area contributed by atoms with Gasteiger partial charge in [-0.2, -0.15) is 0 Å². The summed E-state index contributed by atoms with van der Waals surface area (Å²) in [6.07, 6.45) is 0. The smallest absolute Gasteiger partial charge is 0.326 e. The summed E-state index contributed by atoms with van der Waals surface area (Å²) in [6, 6.07) is 10.1. The number of fused-ring (bicyclic) bond motifs is 1. The van der Waals surface area contributed by atoms with E-state index in [1.165, 1.54) is 16.2 Å². The zero-order chi connectivity index (χ0) is 20.8. The highest BCUT2D eigenvalue weighted by Crippen LogP contribution is 2.50. The van der Waals surface area contributed by atoms with Crippen molar-refractivity contribution in [3.8, 4) is 5.75 Å². The number of thiophene rings is 1. The minimum absolute atomic E-state index is 0.196. The van der Waals surface area contributed by atoms with Gasteiger partial charge in [0, 0.05) is 4.88 Å². The number of anilines is 1. The van der Waals surface area contributed by atoms with Crippen LogP contribution in [0.2, 0.25) is 0 Å². The predicted octanol–water partition coefficient (Wildman–Crippen LogP) is 2.53. The molecule has 3 heterocycles. The molecule has 152 valence electrons. The Balaban J connectivity index is 1.77. The molecule has 4 rings (SSSR count). The van der Waals surface area contributed by atoms with Gasteiger partial charge in [-0.25, -0.2) is 4.90 Å². The zero-order valence-electron chi connectivity index (χ0n) is 16.4. The van der Waals surface area contributed by atoms with E-state index in [0.29, 0.717) is 11.4 Å². The van der Waals surface area contributed by atoms with E-state index in [2.05, 4.69) is 5.32 Å². The molecular weight excluding hydrogens is 392 g/mol. The first-order valence-corrected chi connectivity index (χ1v) is 10.3. The lowest BCUT2D eigenvalue weighted by molar-refractivity contribution is -0.153. The Kier molecular flexibility index (Phi) is 4.92. The van der Waals surface area contributed by atoms with Gasteiger partial charge in [0.2, 0.25) is 11.8 Å². The summed E-state index contributed by atoms with van der Waals surface area (Å²) in [7, 11) is 1.55.